The second-order valence-corrected chi connectivity index (χ2v) is 6.60. The molecular weight excluding hydrogens is 361 g/mol. The minimum Gasteiger partial charge on any atom is -0.366 e. The predicted octanol–water partition coefficient (Wildman–Crippen LogP) is 1.55. The first-order valence-corrected chi connectivity index (χ1v) is 9.12. The lowest BCUT2D eigenvalue weighted by Gasteiger charge is -2.36. The zero-order valence-corrected chi connectivity index (χ0v) is 15.2. The van der Waals surface area contributed by atoms with Gasteiger partial charge in [0.05, 0.1) is 17.7 Å². The van der Waals surface area contributed by atoms with Gasteiger partial charge in [-0.25, -0.2) is 8.91 Å². The summed E-state index contributed by atoms with van der Waals surface area (Å²) in [7, 11) is 0. The molecule has 1 aliphatic rings. The molecule has 0 saturated carbocycles. The maximum absolute atomic E-state index is 13.9. The maximum Gasteiger partial charge on any atom is 0.272 e. The number of pyridine rings is 1. The normalized spacial score (nSPS) is 14.3. The van der Waals surface area contributed by atoms with Crippen LogP contribution in [0.1, 0.15) is 10.5 Å². The van der Waals surface area contributed by atoms with Crippen LogP contribution in [0.4, 0.5) is 10.1 Å². The van der Waals surface area contributed by atoms with Crippen molar-refractivity contribution in [3.63, 3.8) is 0 Å². The molecule has 28 heavy (non-hydrogen) atoms. The van der Waals surface area contributed by atoms with Gasteiger partial charge < -0.3 is 15.1 Å². The van der Waals surface area contributed by atoms with E-state index in [9.17, 15) is 14.0 Å². The molecular formula is C20H20FN5O2. The SMILES string of the molecule is O=C(NCC(=O)N1CCN(c2ccccc2F)CC1)c1cc2ccccn2n1. The third kappa shape index (κ3) is 3.66. The number of carbonyl (C=O) groups excluding carboxylic acids is 2. The first-order valence-electron chi connectivity index (χ1n) is 9.12. The number of para-hydroxylation sites is 1. The molecule has 1 aliphatic heterocycles. The van der Waals surface area contributed by atoms with E-state index in [0.29, 0.717) is 31.9 Å². The Kier molecular flexibility index (Phi) is 4.92. The van der Waals surface area contributed by atoms with Crippen molar-refractivity contribution in [2.45, 2.75) is 0 Å². The lowest BCUT2D eigenvalue weighted by Crippen LogP contribution is -2.51. The van der Waals surface area contributed by atoms with Gasteiger partial charge in [-0.2, -0.15) is 5.10 Å². The lowest BCUT2D eigenvalue weighted by molar-refractivity contribution is -0.130. The molecule has 2 amide bonds. The highest BCUT2D eigenvalue weighted by molar-refractivity contribution is 5.95. The van der Waals surface area contributed by atoms with Crippen molar-refractivity contribution in [3.8, 4) is 0 Å². The van der Waals surface area contributed by atoms with Crippen molar-refractivity contribution in [1.82, 2.24) is 19.8 Å². The number of piperazine rings is 1. The van der Waals surface area contributed by atoms with Crippen molar-refractivity contribution in [1.29, 1.82) is 0 Å². The molecule has 2 aromatic heterocycles. The van der Waals surface area contributed by atoms with Crippen LogP contribution >= 0.6 is 0 Å². The molecule has 3 heterocycles. The minimum absolute atomic E-state index is 0.0909. The van der Waals surface area contributed by atoms with Gasteiger partial charge in [0.1, 0.15) is 5.82 Å². The summed E-state index contributed by atoms with van der Waals surface area (Å²) in [5.41, 5.74) is 1.63. The van der Waals surface area contributed by atoms with Crippen LogP contribution in [-0.4, -0.2) is 59.1 Å². The van der Waals surface area contributed by atoms with Crippen LogP contribution < -0.4 is 10.2 Å². The van der Waals surface area contributed by atoms with Gasteiger partial charge in [0, 0.05) is 32.4 Å². The molecule has 4 rings (SSSR count). The molecule has 1 saturated heterocycles. The van der Waals surface area contributed by atoms with Gasteiger partial charge in [0.2, 0.25) is 5.91 Å². The number of fused-ring (bicyclic) bond motifs is 1. The average Bonchev–Trinajstić information content (AvgIpc) is 3.17. The van der Waals surface area contributed by atoms with Gasteiger partial charge in [-0.3, -0.25) is 9.59 Å². The molecule has 0 unspecified atom stereocenters. The average molecular weight is 381 g/mol. The Hall–Kier alpha value is -3.42. The molecule has 3 aromatic rings. The van der Waals surface area contributed by atoms with Crippen LogP contribution in [0.25, 0.3) is 5.52 Å². The highest BCUT2D eigenvalue weighted by atomic mass is 19.1. The largest absolute Gasteiger partial charge is 0.366 e. The highest BCUT2D eigenvalue weighted by Crippen LogP contribution is 2.20. The summed E-state index contributed by atoms with van der Waals surface area (Å²) >= 11 is 0. The van der Waals surface area contributed by atoms with E-state index in [0.717, 1.165) is 5.52 Å². The molecule has 1 aromatic carbocycles. The number of amides is 2. The van der Waals surface area contributed by atoms with Crippen molar-refractivity contribution in [2.24, 2.45) is 0 Å². The number of hydrogen-bond donors (Lipinski definition) is 1. The summed E-state index contributed by atoms with van der Waals surface area (Å²) in [6.07, 6.45) is 1.76. The first-order chi connectivity index (χ1) is 13.6. The summed E-state index contributed by atoms with van der Waals surface area (Å²) in [4.78, 5) is 28.3. The molecule has 1 fully saturated rings. The summed E-state index contributed by atoms with van der Waals surface area (Å²) in [5.74, 6) is -0.811. The number of benzene rings is 1. The predicted molar refractivity (Wildman–Crippen MR) is 103 cm³/mol. The standard InChI is InChI=1S/C20H20FN5O2/c21-16-6-1-2-7-18(16)24-9-11-25(12-10-24)19(27)14-22-20(28)17-13-15-5-3-4-8-26(15)23-17/h1-8,13H,9-12,14H2,(H,22,28). The quantitative estimate of drug-likeness (QED) is 0.745. The molecule has 0 atom stereocenters. The van der Waals surface area contributed by atoms with Crippen LogP contribution in [0.5, 0.6) is 0 Å². The molecule has 8 heteroatoms. The fourth-order valence-electron chi connectivity index (χ4n) is 3.31. The smallest absolute Gasteiger partial charge is 0.272 e. The van der Waals surface area contributed by atoms with Crippen LogP contribution in [0.2, 0.25) is 0 Å². The fourth-order valence-corrected chi connectivity index (χ4v) is 3.31. The number of nitrogens with one attached hydrogen (secondary N) is 1. The Bertz CT molecular complexity index is 978. The van der Waals surface area contributed by atoms with Crippen LogP contribution in [0.15, 0.2) is 54.7 Å². The number of carbonyl (C=O) groups is 2. The number of halogens is 1. The number of anilines is 1. The van der Waals surface area contributed by atoms with E-state index >= 15 is 0 Å². The van der Waals surface area contributed by atoms with E-state index in [2.05, 4.69) is 10.4 Å². The van der Waals surface area contributed by atoms with E-state index in [1.54, 1.807) is 39.9 Å². The summed E-state index contributed by atoms with van der Waals surface area (Å²) in [6.45, 7) is 1.97. The van der Waals surface area contributed by atoms with Crippen molar-refractivity contribution < 1.29 is 14.0 Å². The van der Waals surface area contributed by atoms with E-state index in [-0.39, 0.29) is 29.9 Å². The Balaban J connectivity index is 1.30. The molecule has 7 nitrogen and oxygen atoms in total. The number of nitrogens with zero attached hydrogens (tertiary/aromatic N) is 4. The number of hydrogen-bond acceptors (Lipinski definition) is 4. The lowest BCUT2D eigenvalue weighted by atomic mass is 10.2. The fraction of sp³-hybridized carbons (Fsp3) is 0.250. The zero-order valence-electron chi connectivity index (χ0n) is 15.2. The van der Waals surface area contributed by atoms with Gasteiger partial charge in [0.25, 0.3) is 5.91 Å². The van der Waals surface area contributed by atoms with Crippen molar-refractivity contribution in [2.75, 3.05) is 37.6 Å². The second kappa shape index (κ2) is 7.67. The van der Waals surface area contributed by atoms with Gasteiger partial charge in [-0.1, -0.05) is 18.2 Å². The van der Waals surface area contributed by atoms with Crippen molar-refractivity contribution >= 4 is 23.0 Å². The molecule has 0 bridgehead atoms. The Labute approximate surface area is 161 Å². The van der Waals surface area contributed by atoms with Gasteiger partial charge in [-0.15, -0.1) is 0 Å². The second-order valence-electron chi connectivity index (χ2n) is 6.60. The first kappa shape index (κ1) is 18.0. The monoisotopic (exact) mass is 381 g/mol. The number of rotatable bonds is 4. The Morgan fingerprint density at radius 1 is 1.04 bits per heavy atom. The molecule has 0 aliphatic carbocycles. The maximum atomic E-state index is 13.9. The third-order valence-electron chi connectivity index (χ3n) is 4.83. The molecule has 1 N–H and O–H groups in total. The summed E-state index contributed by atoms with van der Waals surface area (Å²) < 4.78 is 15.5. The summed E-state index contributed by atoms with van der Waals surface area (Å²) in [5, 5.41) is 6.82. The van der Waals surface area contributed by atoms with E-state index < -0.39 is 0 Å². The minimum atomic E-state index is -0.387. The molecule has 0 radical (unpaired) electrons. The van der Waals surface area contributed by atoms with Gasteiger partial charge >= 0.3 is 0 Å². The Morgan fingerprint density at radius 2 is 1.79 bits per heavy atom. The van der Waals surface area contributed by atoms with E-state index in [1.165, 1.54) is 6.07 Å². The number of aromatic nitrogens is 2. The van der Waals surface area contributed by atoms with Crippen molar-refractivity contribution in [3.05, 3.63) is 66.2 Å². The topological polar surface area (TPSA) is 70.0 Å². The Morgan fingerprint density at radius 3 is 2.54 bits per heavy atom. The van der Waals surface area contributed by atoms with Crippen LogP contribution in [0, 0.1) is 5.82 Å². The zero-order chi connectivity index (χ0) is 19.5. The van der Waals surface area contributed by atoms with Gasteiger partial charge in [0.15, 0.2) is 5.69 Å². The highest BCUT2D eigenvalue weighted by Gasteiger charge is 2.23. The third-order valence-corrected chi connectivity index (χ3v) is 4.83. The van der Waals surface area contributed by atoms with Gasteiger partial charge in [-0.05, 0) is 30.3 Å². The van der Waals surface area contributed by atoms with Crippen LogP contribution in [0.3, 0.4) is 0 Å². The molecule has 0 spiro atoms. The van der Waals surface area contributed by atoms with Crippen LogP contribution in [-0.2, 0) is 4.79 Å². The van der Waals surface area contributed by atoms with E-state index in [1.807, 2.05) is 23.1 Å². The van der Waals surface area contributed by atoms with E-state index in [4.69, 9.17) is 0 Å². The molecule has 144 valence electrons. The summed E-state index contributed by atoms with van der Waals surface area (Å²) in [6, 6.07) is 13.8.